The van der Waals surface area contributed by atoms with Gasteiger partial charge in [-0.1, -0.05) is 204 Å². The first-order chi connectivity index (χ1) is 28.0. The average molecular weight is 797 g/mol. The van der Waals surface area contributed by atoms with Gasteiger partial charge in [0.15, 0.2) is 6.10 Å². The van der Waals surface area contributed by atoms with E-state index in [4.69, 9.17) is 14.2 Å². The van der Waals surface area contributed by atoms with Gasteiger partial charge in [-0.25, -0.2) is 0 Å². The molecule has 6 heteroatoms. The van der Waals surface area contributed by atoms with E-state index >= 15 is 0 Å². The van der Waals surface area contributed by atoms with Crippen LogP contribution in [0.5, 0.6) is 0 Å². The third kappa shape index (κ3) is 44.1. The summed E-state index contributed by atoms with van der Waals surface area (Å²) in [6, 6.07) is 0. The van der Waals surface area contributed by atoms with Crippen molar-refractivity contribution in [1.29, 1.82) is 0 Å². The molecule has 1 atom stereocenters. The van der Waals surface area contributed by atoms with Gasteiger partial charge in [0, 0.05) is 19.3 Å². The lowest BCUT2D eigenvalue weighted by Gasteiger charge is -2.18. The number of allylic oxidation sites excluding steroid dienone is 10. The maximum atomic E-state index is 12.7. The van der Waals surface area contributed by atoms with Gasteiger partial charge in [0.25, 0.3) is 0 Å². The van der Waals surface area contributed by atoms with Crippen LogP contribution in [0.25, 0.3) is 0 Å². The maximum Gasteiger partial charge on any atom is 0.306 e. The Morgan fingerprint density at radius 1 is 0.368 bits per heavy atom. The minimum Gasteiger partial charge on any atom is -0.462 e. The highest BCUT2D eigenvalue weighted by Gasteiger charge is 2.19. The van der Waals surface area contributed by atoms with Crippen molar-refractivity contribution in [2.45, 2.75) is 232 Å². The summed E-state index contributed by atoms with van der Waals surface area (Å²) >= 11 is 0. The molecule has 0 aliphatic heterocycles. The second-order valence-electron chi connectivity index (χ2n) is 15.6. The standard InChI is InChI=1S/C51H88O6/c1-4-7-10-13-16-19-22-23-24-25-26-27-28-29-30-33-35-38-41-44-50(53)56-47-48(57-51(54)45-42-39-36-32-21-18-15-12-9-6-3)46-55-49(52)43-40-37-34-31-20-17-14-11-8-5-2/h7,10,16,19,23-24,26-27,29-30,48H,4-6,8-9,11-15,17-18,20-22,25,28,31-47H2,1-3H3/b10-7-,19-16-,24-23-,27-26-,30-29-. The Balaban J connectivity index is 4.37. The van der Waals surface area contributed by atoms with Crippen LogP contribution in [0, 0.1) is 0 Å². The molecule has 0 aromatic heterocycles. The molecular formula is C51H88O6. The molecule has 6 nitrogen and oxygen atoms in total. The first-order valence-electron chi connectivity index (χ1n) is 23.8. The Kier molecular flexibility index (Phi) is 43.5. The lowest BCUT2D eigenvalue weighted by atomic mass is 10.1. The van der Waals surface area contributed by atoms with Gasteiger partial charge >= 0.3 is 17.9 Å². The molecular weight excluding hydrogens is 709 g/mol. The molecule has 0 saturated heterocycles. The Hall–Kier alpha value is -2.89. The Morgan fingerprint density at radius 3 is 1.07 bits per heavy atom. The summed E-state index contributed by atoms with van der Waals surface area (Å²) in [6.45, 7) is 6.46. The SMILES string of the molecule is CC/C=C\C/C=C\C/C=C\C/C=C\C/C=C\CCCCCC(=O)OCC(COC(=O)CCCCCCCCCCCC)OC(=O)CCCCCCCCCCCC. The smallest absolute Gasteiger partial charge is 0.306 e. The number of unbranched alkanes of at least 4 members (excludes halogenated alkanes) is 21. The van der Waals surface area contributed by atoms with Gasteiger partial charge in [0.2, 0.25) is 0 Å². The van der Waals surface area contributed by atoms with Crippen LogP contribution < -0.4 is 0 Å². The zero-order valence-corrected chi connectivity index (χ0v) is 37.3. The molecule has 0 bridgehead atoms. The number of carbonyl (C=O) groups excluding carboxylic acids is 3. The highest BCUT2D eigenvalue weighted by molar-refractivity contribution is 5.71. The number of hydrogen-bond donors (Lipinski definition) is 0. The van der Waals surface area contributed by atoms with Crippen LogP contribution in [0.4, 0.5) is 0 Å². The van der Waals surface area contributed by atoms with Crippen LogP contribution in [0.3, 0.4) is 0 Å². The molecule has 0 N–H and O–H groups in total. The predicted molar refractivity (Wildman–Crippen MR) is 242 cm³/mol. The third-order valence-corrected chi connectivity index (χ3v) is 10.0. The van der Waals surface area contributed by atoms with Gasteiger partial charge in [-0.2, -0.15) is 0 Å². The van der Waals surface area contributed by atoms with Crippen molar-refractivity contribution in [3.63, 3.8) is 0 Å². The molecule has 0 rings (SSSR count). The Morgan fingerprint density at radius 2 is 0.684 bits per heavy atom. The average Bonchev–Trinajstić information content (AvgIpc) is 3.21. The molecule has 0 fully saturated rings. The molecule has 0 aliphatic rings. The molecule has 1 unspecified atom stereocenters. The van der Waals surface area contributed by atoms with Crippen molar-refractivity contribution in [2.75, 3.05) is 13.2 Å². The van der Waals surface area contributed by atoms with E-state index in [9.17, 15) is 14.4 Å². The van der Waals surface area contributed by atoms with Crippen LogP contribution in [-0.4, -0.2) is 37.2 Å². The lowest BCUT2D eigenvalue weighted by Crippen LogP contribution is -2.30. The van der Waals surface area contributed by atoms with E-state index < -0.39 is 6.10 Å². The van der Waals surface area contributed by atoms with E-state index in [0.29, 0.717) is 19.3 Å². The predicted octanol–water partition coefficient (Wildman–Crippen LogP) is 15.3. The Labute approximate surface area is 351 Å². The highest BCUT2D eigenvalue weighted by atomic mass is 16.6. The van der Waals surface area contributed by atoms with Crippen molar-refractivity contribution in [2.24, 2.45) is 0 Å². The topological polar surface area (TPSA) is 78.9 Å². The van der Waals surface area contributed by atoms with Crippen molar-refractivity contribution in [1.82, 2.24) is 0 Å². The summed E-state index contributed by atoms with van der Waals surface area (Å²) < 4.78 is 16.7. The van der Waals surface area contributed by atoms with Gasteiger partial charge in [0.05, 0.1) is 0 Å². The number of ether oxygens (including phenoxy) is 3. The molecule has 328 valence electrons. The number of carbonyl (C=O) groups is 3. The minimum absolute atomic E-state index is 0.0824. The van der Waals surface area contributed by atoms with Crippen molar-refractivity contribution in [3.8, 4) is 0 Å². The molecule has 0 amide bonds. The van der Waals surface area contributed by atoms with E-state index in [2.05, 4.69) is 81.5 Å². The summed E-state index contributed by atoms with van der Waals surface area (Å²) in [6.07, 6.45) is 54.9. The summed E-state index contributed by atoms with van der Waals surface area (Å²) in [5.41, 5.74) is 0. The summed E-state index contributed by atoms with van der Waals surface area (Å²) in [5.74, 6) is -0.919. The van der Waals surface area contributed by atoms with Crippen molar-refractivity contribution >= 4 is 17.9 Å². The molecule has 0 saturated carbocycles. The van der Waals surface area contributed by atoms with Gasteiger partial charge < -0.3 is 14.2 Å². The number of esters is 3. The van der Waals surface area contributed by atoms with Gasteiger partial charge in [0.1, 0.15) is 13.2 Å². The van der Waals surface area contributed by atoms with E-state index in [0.717, 1.165) is 96.3 Å². The number of hydrogen-bond acceptors (Lipinski definition) is 6. The van der Waals surface area contributed by atoms with Crippen LogP contribution >= 0.6 is 0 Å². The maximum absolute atomic E-state index is 12.7. The fraction of sp³-hybridized carbons (Fsp3) is 0.745. The fourth-order valence-corrected chi connectivity index (χ4v) is 6.47. The molecule has 0 heterocycles. The zero-order valence-electron chi connectivity index (χ0n) is 37.3. The summed E-state index contributed by atoms with van der Waals surface area (Å²) in [5, 5.41) is 0. The number of rotatable bonds is 42. The second kappa shape index (κ2) is 45.8. The molecule has 0 spiro atoms. The molecule has 0 aromatic carbocycles. The van der Waals surface area contributed by atoms with E-state index in [1.54, 1.807) is 0 Å². The molecule has 57 heavy (non-hydrogen) atoms. The van der Waals surface area contributed by atoms with Gasteiger partial charge in [-0.15, -0.1) is 0 Å². The van der Waals surface area contributed by atoms with Crippen LogP contribution in [-0.2, 0) is 28.6 Å². The van der Waals surface area contributed by atoms with Crippen LogP contribution in [0.1, 0.15) is 226 Å². The van der Waals surface area contributed by atoms with E-state index in [-0.39, 0.29) is 31.1 Å². The van der Waals surface area contributed by atoms with Crippen LogP contribution in [0.15, 0.2) is 60.8 Å². The molecule has 0 radical (unpaired) electrons. The lowest BCUT2D eigenvalue weighted by molar-refractivity contribution is -0.167. The summed E-state index contributed by atoms with van der Waals surface area (Å²) in [4.78, 5) is 37.7. The van der Waals surface area contributed by atoms with Crippen molar-refractivity contribution in [3.05, 3.63) is 60.8 Å². The van der Waals surface area contributed by atoms with Gasteiger partial charge in [-0.3, -0.25) is 14.4 Å². The second-order valence-corrected chi connectivity index (χ2v) is 15.6. The van der Waals surface area contributed by atoms with Crippen molar-refractivity contribution < 1.29 is 28.6 Å². The van der Waals surface area contributed by atoms with Gasteiger partial charge in [-0.05, 0) is 64.2 Å². The minimum atomic E-state index is -0.781. The van der Waals surface area contributed by atoms with E-state index in [1.165, 1.54) is 89.9 Å². The monoisotopic (exact) mass is 797 g/mol. The highest BCUT2D eigenvalue weighted by Crippen LogP contribution is 2.14. The third-order valence-electron chi connectivity index (χ3n) is 10.0. The fourth-order valence-electron chi connectivity index (χ4n) is 6.47. The normalized spacial score (nSPS) is 12.5. The largest absolute Gasteiger partial charge is 0.462 e. The Bertz CT molecular complexity index is 1050. The first-order valence-corrected chi connectivity index (χ1v) is 23.8. The molecule has 0 aliphatic carbocycles. The first kappa shape index (κ1) is 54.1. The summed E-state index contributed by atoms with van der Waals surface area (Å²) in [7, 11) is 0. The quantitative estimate of drug-likeness (QED) is 0.0265. The zero-order chi connectivity index (χ0) is 41.5. The molecule has 0 aromatic rings. The van der Waals surface area contributed by atoms with E-state index in [1.807, 2.05) is 0 Å². The van der Waals surface area contributed by atoms with Crippen LogP contribution in [0.2, 0.25) is 0 Å².